The van der Waals surface area contributed by atoms with Crippen molar-refractivity contribution < 1.29 is 23.5 Å². The summed E-state index contributed by atoms with van der Waals surface area (Å²) in [5, 5.41) is 6.18. The number of halogens is 2. The number of rotatable bonds is 9. The molecule has 0 atom stereocenters. The van der Waals surface area contributed by atoms with Crippen molar-refractivity contribution >= 4 is 51.6 Å². The minimum absolute atomic E-state index is 0.0392. The summed E-state index contributed by atoms with van der Waals surface area (Å²) < 4.78 is 20.1. The molecule has 1 heterocycles. The van der Waals surface area contributed by atoms with E-state index in [0.717, 1.165) is 19.3 Å². The molecule has 0 bridgehead atoms. The minimum atomic E-state index is -0.992. The maximum absolute atomic E-state index is 13.2. The number of unbranched alkanes of at least 4 members (excludes halogenated alkanes) is 2. The molecule has 0 spiro atoms. The zero-order valence-corrected chi connectivity index (χ0v) is 21.3. The Hall–Kier alpha value is -4.37. The van der Waals surface area contributed by atoms with Crippen molar-refractivity contribution in [2.45, 2.75) is 26.2 Å². The number of carbonyl (C=O) groups is 3. The summed E-state index contributed by atoms with van der Waals surface area (Å²) in [6.45, 7) is 2.72. The number of nitrogens with one attached hydrogen (secondary N) is 3. The van der Waals surface area contributed by atoms with Gasteiger partial charge in [-0.05, 0) is 79.2 Å². The van der Waals surface area contributed by atoms with Crippen LogP contribution in [0.15, 0.2) is 72.8 Å². The van der Waals surface area contributed by atoms with E-state index in [1.54, 1.807) is 42.5 Å². The summed E-state index contributed by atoms with van der Waals surface area (Å²) in [5.74, 6) is -2.29. The Morgan fingerprint density at radius 3 is 2.26 bits per heavy atom. The first-order valence-corrected chi connectivity index (χ1v) is 12.4. The molecule has 0 aliphatic heterocycles. The first-order valence-electron chi connectivity index (χ1n) is 12.1. The Labute approximate surface area is 223 Å². The lowest BCUT2D eigenvalue weighted by Crippen LogP contribution is -2.36. The highest BCUT2D eigenvalue weighted by Crippen LogP contribution is 2.24. The monoisotopic (exact) mass is 536 g/mol. The second kappa shape index (κ2) is 12.2. The molecule has 0 unspecified atom stereocenters. The highest BCUT2D eigenvalue weighted by atomic mass is 35.5. The second-order valence-corrected chi connectivity index (χ2v) is 8.94. The third-order valence-corrected chi connectivity index (χ3v) is 5.88. The van der Waals surface area contributed by atoms with E-state index in [9.17, 15) is 18.8 Å². The molecule has 4 aromatic rings. The molecule has 8 nitrogen and oxygen atoms in total. The van der Waals surface area contributed by atoms with E-state index in [2.05, 4.69) is 23.0 Å². The number of aromatic nitrogens is 1. The number of amides is 3. The highest BCUT2D eigenvalue weighted by Gasteiger charge is 2.21. The summed E-state index contributed by atoms with van der Waals surface area (Å²) in [6, 6.07) is 18.3. The zero-order valence-electron chi connectivity index (χ0n) is 20.6. The van der Waals surface area contributed by atoms with Gasteiger partial charge in [-0.1, -0.05) is 31.4 Å². The average molecular weight is 537 g/mol. The van der Waals surface area contributed by atoms with Gasteiger partial charge in [0.2, 0.25) is 0 Å². The van der Waals surface area contributed by atoms with E-state index in [4.69, 9.17) is 16.3 Å². The topological polar surface area (TPSA) is 101 Å². The fraction of sp³-hybridized carbons (Fsp3) is 0.179. The smallest absolute Gasteiger partial charge is 0.328 e. The van der Waals surface area contributed by atoms with Crippen LogP contribution >= 0.6 is 11.6 Å². The van der Waals surface area contributed by atoms with Crippen molar-refractivity contribution in [3.05, 3.63) is 89.3 Å². The molecule has 0 radical (unpaired) electrons. The molecule has 4 rings (SSSR count). The van der Waals surface area contributed by atoms with Crippen LogP contribution in [0.25, 0.3) is 10.9 Å². The number of carbonyl (C=O) groups excluding carboxylic acids is 3. The van der Waals surface area contributed by atoms with Crippen molar-refractivity contribution in [1.82, 2.24) is 4.68 Å². The summed E-state index contributed by atoms with van der Waals surface area (Å²) >= 11 is 6.10. The molecule has 0 saturated carbocycles. The fourth-order valence-corrected chi connectivity index (χ4v) is 3.90. The van der Waals surface area contributed by atoms with Crippen molar-refractivity contribution in [2.24, 2.45) is 0 Å². The number of hydrogen-bond acceptors (Lipinski definition) is 4. The van der Waals surface area contributed by atoms with E-state index < -0.39 is 23.5 Å². The van der Waals surface area contributed by atoms with E-state index in [1.807, 2.05) is 0 Å². The standard InChI is InChI=1S/C28H26ClFN4O4/c1-2-3-4-15-38-23-12-10-22(11-13-23)32-27(36)28(37)33-34-24-14-5-19(29)16-18(24)17-25(34)26(35)31-21-8-6-20(30)7-9-21/h5-14,16-17H,2-4,15H2,1H3,(H,31,35)(H,32,36)(H,33,37). The largest absolute Gasteiger partial charge is 0.494 e. The third-order valence-electron chi connectivity index (χ3n) is 5.65. The van der Waals surface area contributed by atoms with Crippen LogP contribution in [-0.4, -0.2) is 29.0 Å². The van der Waals surface area contributed by atoms with Gasteiger partial charge in [0.1, 0.15) is 17.3 Å². The number of nitrogens with zero attached hydrogens (tertiary/aromatic N) is 1. The average Bonchev–Trinajstić information content (AvgIpc) is 3.26. The Balaban J connectivity index is 1.48. The maximum atomic E-state index is 13.2. The van der Waals surface area contributed by atoms with Crippen molar-refractivity contribution in [3.63, 3.8) is 0 Å². The van der Waals surface area contributed by atoms with E-state index in [0.29, 0.717) is 39.7 Å². The molecule has 0 saturated heterocycles. The Bertz CT molecular complexity index is 1450. The molecular weight excluding hydrogens is 511 g/mol. The molecule has 10 heteroatoms. The molecule has 3 amide bonds. The van der Waals surface area contributed by atoms with Gasteiger partial charge in [-0.25, -0.2) is 9.07 Å². The van der Waals surface area contributed by atoms with E-state index >= 15 is 0 Å². The molecule has 3 aromatic carbocycles. The van der Waals surface area contributed by atoms with Gasteiger partial charge in [0.15, 0.2) is 0 Å². The molecule has 3 N–H and O–H groups in total. The van der Waals surface area contributed by atoms with Crippen molar-refractivity contribution in [3.8, 4) is 5.75 Å². The zero-order chi connectivity index (χ0) is 27.1. The Morgan fingerprint density at radius 1 is 0.868 bits per heavy atom. The summed E-state index contributed by atoms with van der Waals surface area (Å²) in [7, 11) is 0. The molecule has 38 heavy (non-hydrogen) atoms. The summed E-state index contributed by atoms with van der Waals surface area (Å²) in [6.07, 6.45) is 3.14. The quantitative estimate of drug-likeness (QED) is 0.181. The van der Waals surface area contributed by atoms with Crippen LogP contribution in [0.3, 0.4) is 0 Å². The highest BCUT2D eigenvalue weighted by molar-refractivity contribution is 6.42. The molecule has 1 aromatic heterocycles. The minimum Gasteiger partial charge on any atom is -0.494 e. The molecular formula is C28H26ClFN4O4. The summed E-state index contributed by atoms with van der Waals surface area (Å²) in [4.78, 5) is 38.5. The van der Waals surface area contributed by atoms with Crippen molar-refractivity contribution in [1.29, 1.82) is 0 Å². The van der Waals surface area contributed by atoms with Gasteiger partial charge >= 0.3 is 11.8 Å². The van der Waals surface area contributed by atoms with Crippen LogP contribution in [-0.2, 0) is 9.59 Å². The second-order valence-electron chi connectivity index (χ2n) is 8.50. The van der Waals surface area contributed by atoms with Gasteiger partial charge in [-0.15, -0.1) is 0 Å². The summed E-state index contributed by atoms with van der Waals surface area (Å²) in [5.41, 5.74) is 3.73. The normalized spacial score (nSPS) is 10.7. The lowest BCUT2D eigenvalue weighted by Gasteiger charge is -2.13. The molecule has 0 aliphatic rings. The SMILES string of the molecule is CCCCCOc1ccc(NC(=O)C(=O)Nn2c(C(=O)Nc3ccc(F)cc3)cc3cc(Cl)ccc32)cc1. The number of hydrogen-bond donors (Lipinski definition) is 3. The van der Waals surface area contributed by atoms with E-state index in [1.165, 1.54) is 35.0 Å². The molecule has 196 valence electrons. The van der Waals surface area contributed by atoms with Crippen LogP contribution in [0.4, 0.5) is 15.8 Å². The van der Waals surface area contributed by atoms with Gasteiger partial charge in [-0.3, -0.25) is 19.8 Å². The van der Waals surface area contributed by atoms with Crippen LogP contribution in [0.2, 0.25) is 5.02 Å². The Kier molecular flexibility index (Phi) is 8.60. The first-order chi connectivity index (χ1) is 18.3. The fourth-order valence-electron chi connectivity index (χ4n) is 3.72. The lowest BCUT2D eigenvalue weighted by atomic mass is 10.2. The van der Waals surface area contributed by atoms with Crippen molar-refractivity contribution in [2.75, 3.05) is 22.7 Å². The number of benzene rings is 3. The number of anilines is 2. The Morgan fingerprint density at radius 2 is 1.55 bits per heavy atom. The lowest BCUT2D eigenvalue weighted by molar-refractivity contribution is -0.133. The van der Waals surface area contributed by atoms with Gasteiger partial charge in [-0.2, -0.15) is 0 Å². The molecule has 0 fully saturated rings. The first kappa shape index (κ1) is 26.7. The number of fused-ring (bicyclic) bond motifs is 1. The predicted molar refractivity (Wildman–Crippen MR) is 146 cm³/mol. The third kappa shape index (κ3) is 6.68. The van der Waals surface area contributed by atoms with Gasteiger partial charge in [0.05, 0.1) is 12.1 Å². The van der Waals surface area contributed by atoms with Crippen LogP contribution in [0, 0.1) is 5.82 Å². The van der Waals surface area contributed by atoms with Gasteiger partial charge in [0.25, 0.3) is 5.91 Å². The van der Waals surface area contributed by atoms with Gasteiger partial charge < -0.3 is 15.4 Å². The van der Waals surface area contributed by atoms with Crippen LogP contribution in [0.1, 0.15) is 36.7 Å². The predicted octanol–water partition coefficient (Wildman–Crippen LogP) is 5.96. The van der Waals surface area contributed by atoms with Crippen LogP contribution in [0.5, 0.6) is 5.75 Å². The maximum Gasteiger partial charge on any atom is 0.328 e. The van der Waals surface area contributed by atoms with Crippen LogP contribution < -0.4 is 20.8 Å². The number of ether oxygens (including phenoxy) is 1. The van der Waals surface area contributed by atoms with E-state index in [-0.39, 0.29) is 5.69 Å². The van der Waals surface area contributed by atoms with Gasteiger partial charge in [0, 0.05) is 21.8 Å². The molecule has 0 aliphatic carbocycles.